The van der Waals surface area contributed by atoms with Crippen LogP contribution < -0.4 is 5.73 Å². The largest absolute Gasteiger partial charge is 0.323 e. The highest BCUT2D eigenvalue weighted by Crippen LogP contribution is 2.36. The van der Waals surface area contributed by atoms with E-state index in [0.717, 1.165) is 22.5 Å². The molecule has 70 valence electrons. The maximum atomic E-state index is 6.02. The lowest BCUT2D eigenvalue weighted by atomic mass is 10.1. The van der Waals surface area contributed by atoms with Crippen LogP contribution in [0.15, 0.2) is 22.8 Å². The average molecular weight is 241 g/mol. The first-order chi connectivity index (χ1) is 6.25. The van der Waals surface area contributed by atoms with Crippen LogP contribution in [0.3, 0.4) is 0 Å². The standard InChI is InChI=1S/C10H13BrN2/c11-8-3-4-13-10(6-8)9(12)5-7-1-2-7/h3-4,6-7,9H,1-2,5,12H2/t9-/m0/s1. The molecule has 3 heteroatoms. The fraction of sp³-hybridized carbons (Fsp3) is 0.500. The molecule has 0 spiro atoms. The van der Waals surface area contributed by atoms with Crippen molar-refractivity contribution in [3.63, 3.8) is 0 Å². The zero-order chi connectivity index (χ0) is 9.26. The minimum atomic E-state index is 0.116. The second-order valence-corrected chi connectivity index (χ2v) is 4.60. The van der Waals surface area contributed by atoms with Gasteiger partial charge in [0.05, 0.1) is 5.69 Å². The van der Waals surface area contributed by atoms with Crippen molar-refractivity contribution >= 4 is 15.9 Å². The summed E-state index contributed by atoms with van der Waals surface area (Å²) >= 11 is 3.42. The summed E-state index contributed by atoms with van der Waals surface area (Å²) in [7, 11) is 0. The van der Waals surface area contributed by atoms with Gasteiger partial charge in [0.15, 0.2) is 0 Å². The summed E-state index contributed by atoms with van der Waals surface area (Å²) in [4.78, 5) is 4.27. The van der Waals surface area contributed by atoms with Crippen LogP contribution in [0, 0.1) is 5.92 Å². The predicted octanol–water partition coefficient (Wildman–Crippen LogP) is 2.64. The Morgan fingerprint density at radius 1 is 1.62 bits per heavy atom. The molecular formula is C10H13BrN2. The number of hydrogen-bond acceptors (Lipinski definition) is 2. The normalized spacial score (nSPS) is 18.6. The van der Waals surface area contributed by atoms with Crippen LogP contribution in [-0.2, 0) is 0 Å². The van der Waals surface area contributed by atoms with Crippen molar-refractivity contribution in [2.45, 2.75) is 25.3 Å². The van der Waals surface area contributed by atoms with Crippen molar-refractivity contribution in [3.8, 4) is 0 Å². The van der Waals surface area contributed by atoms with Crippen LogP contribution in [-0.4, -0.2) is 4.98 Å². The molecule has 1 heterocycles. The molecule has 13 heavy (non-hydrogen) atoms. The molecule has 1 aromatic heterocycles. The van der Waals surface area contributed by atoms with E-state index in [0.29, 0.717) is 0 Å². The van der Waals surface area contributed by atoms with E-state index in [-0.39, 0.29) is 6.04 Å². The molecule has 1 saturated carbocycles. The highest BCUT2D eigenvalue weighted by molar-refractivity contribution is 9.10. The van der Waals surface area contributed by atoms with Gasteiger partial charge in [-0.3, -0.25) is 4.98 Å². The number of nitrogens with two attached hydrogens (primary N) is 1. The fourth-order valence-electron chi connectivity index (χ4n) is 1.46. The van der Waals surface area contributed by atoms with Crippen molar-refractivity contribution in [1.82, 2.24) is 4.98 Å². The second kappa shape index (κ2) is 3.76. The Hall–Kier alpha value is -0.410. The maximum absolute atomic E-state index is 6.02. The van der Waals surface area contributed by atoms with Crippen LogP contribution in [0.1, 0.15) is 31.0 Å². The molecule has 0 saturated heterocycles. The van der Waals surface area contributed by atoms with Crippen molar-refractivity contribution < 1.29 is 0 Å². The van der Waals surface area contributed by atoms with Crippen LogP contribution >= 0.6 is 15.9 Å². The van der Waals surface area contributed by atoms with Gasteiger partial charge in [-0.2, -0.15) is 0 Å². The smallest absolute Gasteiger partial charge is 0.0582 e. The van der Waals surface area contributed by atoms with Gasteiger partial charge in [-0.05, 0) is 24.5 Å². The third kappa shape index (κ3) is 2.51. The monoisotopic (exact) mass is 240 g/mol. The number of rotatable bonds is 3. The van der Waals surface area contributed by atoms with Gasteiger partial charge in [0.1, 0.15) is 0 Å². The summed E-state index contributed by atoms with van der Waals surface area (Å²) in [6, 6.07) is 4.05. The lowest BCUT2D eigenvalue weighted by molar-refractivity contribution is 0.583. The molecule has 0 unspecified atom stereocenters. The van der Waals surface area contributed by atoms with Gasteiger partial charge in [-0.15, -0.1) is 0 Å². The quantitative estimate of drug-likeness (QED) is 0.883. The lowest BCUT2D eigenvalue weighted by Gasteiger charge is -2.09. The summed E-state index contributed by atoms with van der Waals surface area (Å²) < 4.78 is 1.06. The lowest BCUT2D eigenvalue weighted by Crippen LogP contribution is -2.12. The molecule has 1 aromatic rings. The first-order valence-corrected chi connectivity index (χ1v) is 5.42. The third-order valence-corrected chi connectivity index (χ3v) is 2.90. The van der Waals surface area contributed by atoms with Gasteiger partial charge in [0.25, 0.3) is 0 Å². The molecule has 0 aromatic carbocycles. The predicted molar refractivity (Wildman–Crippen MR) is 56.2 cm³/mol. The summed E-state index contributed by atoms with van der Waals surface area (Å²) in [6.45, 7) is 0. The molecule has 2 nitrogen and oxygen atoms in total. The Labute approximate surface area is 86.7 Å². The number of aromatic nitrogens is 1. The maximum Gasteiger partial charge on any atom is 0.0582 e. The molecule has 2 rings (SSSR count). The van der Waals surface area contributed by atoms with Gasteiger partial charge < -0.3 is 5.73 Å². The number of pyridine rings is 1. The van der Waals surface area contributed by atoms with E-state index < -0.39 is 0 Å². The minimum Gasteiger partial charge on any atom is -0.323 e. The van der Waals surface area contributed by atoms with Crippen molar-refractivity contribution in [2.24, 2.45) is 11.7 Å². The number of nitrogens with zero attached hydrogens (tertiary/aromatic N) is 1. The minimum absolute atomic E-state index is 0.116. The van der Waals surface area contributed by atoms with E-state index >= 15 is 0 Å². The van der Waals surface area contributed by atoms with Crippen LogP contribution in [0.4, 0.5) is 0 Å². The zero-order valence-corrected chi connectivity index (χ0v) is 9.00. The van der Waals surface area contributed by atoms with Crippen LogP contribution in [0.2, 0.25) is 0 Å². The number of halogens is 1. The van der Waals surface area contributed by atoms with Gasteiger partial charge in [-0.1, -0.05) is 28.8 Å². The molecule has 0 aliphatic heterocycles. The van der Waals surface area contributed by atoms with Crippen LogP contribution in [0.25, 0.3) is 0 Å². The average Bonchev–Trinajstić information content (AvgIpc) is 2.88. The van der Waals surface area contributed by atoms with E-state index in [1.807, 2.05) is 12.1 Å². The van der Waals surface area contributed by atoms with Crippen molar-refractivity contribution in [1.29, 1.82) is 0 Å². The van der Waals surface area contributed by atoms with Gasteiger partial charge in [0.2, 0.25) is 0 Å². The molecule has 0 bridgehead atoms. The Morgan fingerprint density at radius 2 is 2.38 bits per heavy atom. The van der Waals surface area contributed by atoms with Crippen molar-refractivity contribution in [2.75, 3.05) is 0 Å². The summed E-state index contributed by atoms with van der Waals surface area (Å²) in [5.74, 6) is 0.857. The molecule has 2 N–H and O–H groups in total. The first kappa shape index (κ1) is 9.16. The van der Waals surface area contributed by atoms with E-state index in [9.17, 15) is 0 Å². The highest BCUT2D eigenvalue weighted by Gasteiger charge is 2.24. The first-order valence-electron chi connectivity index (χ1n) is 4.63. The van der Waals surface area contributed by atoms with E-state index in [1.165, 1.54) is 12.8 Å². The number of hydrogen-bond donors (Lipinski definition) is 1. The SMILES string of the molecule is N[C@@H](CC1CC1)c1cc(Br)ccn1. The molecule has 1 aliphatic rings. The van der Waals surface area contributed by atoms with E-state index in [1.54, 1.807) is 6.20 Å². The molecule has 1 fully saturated rings. The molecular weight excluding hydrogens is 228 g/mol. The Kier molecular flexibility index (Phi) is 2.65. The summed E-state index contributed by atoms with van der Waals surface area (Å²) in [5.41, 5.74) is 7.02. The fourth-order valence-corrected chi connectivity index (χ4v) is 1.81. The van der Waals surface area contributed by atoms with Gasteiger partial charge in [0, 0.05) is 16.7 Å². The van der Waals surface area contributed by atoms with Gasteiger partial charge in [-0.25, -0.2) is 0 Å². The van der Waals surface area contributed by atoms with Gasteiger partial charge >= 0.3 is 0 Å². The van der Waals surface area contributed by atoms with Crippen LogP contribution in [0.5, 0.6) is 0 Å². The molecule has 0 amide bonds. The van der Waals surface area contributed by atoms with E-state index in [2.05, 4.69) is 20.9 Å². The summed E-state index contributed by atoms with van der Waals surface area (Å²) in [5, 5.41) is 0. The molecule has 0 radical (unpaired) electrons. The molecule has 1 atom stereocenters. The van der Waals surface area contributed by atoms with E-state index in [4.69, 9.17) is 5.73 Å². The summed E-state index contributed by atoms with van der Waals surface area (Å²) in [6.07, 6.45) is 5.58. The topological polar surface area (TPSA) is 38.9 Å². The highest BCUT2D eigenvalue weighted by atomic mass is 79.9. The Balaban J connectivity index is 2.04. The third-order valence-electron chi connectivity index (χ3n) is 2.41. The van der Waals surface area contributed by atoms with Crippen molar-refractivity contribution in [3.05, 3.63) is 28.5 Å². The Morgan fingerprint density at radius 3 is 3.00 bits per heavy atom. The second-order valence-electron chi connectivity index (χ2n) is 3.68. The zero-order valence-electron chi connectivity index (χ0n) is 7.41. The Bertz CT molecular complexity index is 297. The molecule has 1 aliphatic carbocycles.